The van der Waals surface area contributed by atoms with Crippen LogP contribution in [0.2, 0.25) is 0 Å². The van der Waals surface area contributed by atoms with Crippen molar-refractivity contribution in [3.63, 3.8) is 0 Å². The van der Waals surface area contributed by atoms with Crippen molar-refractivity contribution in [3.8, 4) is 0 Å². The molecule has 0 fully saturated rings. The van der Waals surface area contributed by atoms with Crippen LogP contribution in [0.4, 0.5) is 18.9 Å². The smallest absolute Gasteiger partial charge is 0.304 e. The third kappa shape index (κ3) is 4.10. The standard InChI is InChI=1S/C10H11F3N2O4S/c1-15(3-2-10(16)17)20(18,19)14-9-5-7(12)6(11)4-8(9)13/h4-5,14H,2-3H2,1H3,(H,16,17). The molecule has 0 saturated carbocycles. The fourth-order valence-electron chi connectivity index (χ4n) is 1.19. The van der Waals surface area contributed by atoms with Crippen molar-refractivity contribution >= 4 is 21.9 Å². The molecule has 0 saturated heterocycles. The molecule has 0 aliphatic heterocycles. The van der Waals surface area contributed by atoms with Crippen LogP contribution in [0.3, 0.4) is 0 Å². The summed E-state index contributed by atoms with van der Waals surface area (Å²) in [6.45, 7) is -0.365. The van der Waals surface area contributed by atoms with Gasteiger partial charge in [0.2, 0.25) is 0 Å². The number of halogens is 3. The Labute approximate surface area is 113 Å². The first-order valence-electron chi connectivity index (χ1n) is 5.24. The second kappa shape index (κ2) is 6.09. The predicted molar refractivity (Wildman–Crippen MR) is 63.7 cm³/mol. The summed E-state index contributed by atoms with van der Waals surface area (Å²) in [5, 5.41) is 8.44. The van der Waals surface area contributed by atoms with Crippen molar-refractivity contribution in [1.29, 1.82) is 0 Å². The summed E-state index contributed by atoms with van der Waals surface area (Å²) in [4.78, 5) is 10.3. The van der Waals surface area contributed by atoms with Crippen molar-refractivity contribution in [2.75, 3.05) is 18.3 Å². The monoisotopic (exact) mass is 312 g/mol. The number of hydrogen-bond acceptors (Lipinski definition) is 3. The number of carbonyl (C=O) groups is 1. The number of nitrogens with one attached hydrogen (secondary N) is 1. The zero-order valence-electron chi connectivity index (χ0n) is 10.2. The predicted octanol–water partition coefficient (Wildman–Crippen LogP) is 1.17. The first kappa shape index (κ1) is 16.2. The van der Waals surface area contributed by atoms with Crippen molar-refractivity contribution in [2.24, 2.45) is 0 Å². The van der Waals surface area contributed by atoms with Crippen LogP contribution < -0.4 is 4.72 Å². The van der Waals surface area contributed by atoms with Crippen molar-refractivity contribution < 1.29 is 31.5 Å². The van der Waals surface area contributed by atoms with Crippen molar-refractivity contribution in [1.82, 2.24) is 4.31 Å². The Morgan fingerprint density at radius 3 is 2.35 bits per heavy atom. The minimum atomic E-state index is -4.27. The molecule has 1 rings (SSSR count). The van der Waals surface area contributed by atoms with Gasteiger partial charge in [0, 0.05) is 25.7 Å². The first-order valence-corrected chi connectivity index (χ1v) is 6.68. The number of carboxylic acids is 1. The van der Waals surface area contributed by atoms with Gasteiger partial charge in [-0.2, -0.15) is 12.7 Å². The molecule has 0 aliphatic carbocycles. The summed E-state index contributed by atoms with van der Waals surface area (Å²) in [6.07, 6.45) is -0.461. The van der Waals surface area contributed by atoms with Gasteiger partial charge in [0.25, 0.3) is 0 Å². The Balaban J connectivity index is 2.91. The highest BCUT2D eigenvalue weighted by molar-refractivity contribution is 7.90. The lowest BCUT2D eigenvalue weighted by molar-refractivity contribution is -0.137. The van der Waals surface area contributed by atoms with E-state index in [1.165, 1.54) is 0 Å². The number of anilines is 1. The summed E-state index contributed by atoms with van der Waals surface area (Å²) < 4.78 is 64.6. The Morgan fingerprint density at radius 2 is 1.80 bits per heavy atom. The number of aliphatic carboxylic acids is 1. The van der Waals surface area contributed by atoms with Gasteiger partial charge in [-0.05, 0) is 0 Å². The van der Waals surface area contributed by atoms with Crippen LogP contribution >= 0.6 is 0 Å². The Hall–Kier alpha value is -1.81. The van der Waals surface area contributed by atoms with Crippen LogP contribution in [-0.4, -0.2) is 37.4 Å². The average molecular weight is 312 g/mol. The van der Waals surface area contributed by atoms with Crippen LogP contribution in [0.5, 0.6) is 0 Å². The van der Waals surface area contributed by atoms with Gasteiger partial charge in [-0.25, -0.2) is 13.2 Å². The number of rotatable bonds is 6. The number of carboxylic acid groups (broad SMARTS) is 1. The Bertz CT molecular complexity index is 621. The molecule has 1 aromatic carbocycles. The van der Waals surface area contributed by atoms with Crippen molar-refractivity contribution in [3.05, 3.63) is 29.6 Å². The maximum Gasteiger partial charge on any atom is 0.304 e. The SMILES string of the molecule is CN(CCC(=O)O)S(=O)(=O)Nc1cc(F)c(F)cc1F. The quantitative estimate of drug-likeness (QED) is 0.772. The summed E-state index contributed by atoms with van der Waals surface area (Å²) >= 11 is 0. The van der Waals surface area contributed by atoms with E-state index in [-0.39, 0.29) is 12.6 Å². The van der Waals surface area contributed by atoms with E-state index in [1.807, 2.05) is 0 Å². The molecule has 10 heteroatoms. The maximum atomic E-state index is 13.3. The molecule has 0 spiro atoms. The molecule has 2 N–H and O–H groups in total. The maximum absolute atomic E-state index is 13.3. The molecule has 0 aliphatic rings. The van der Waals surface area contributed by atoms with Gasteiger partial charge >= 0.3 is 16.2 Å². The molecule has 0 atom stereocenters. The normalized spacial score (nSPS) is 11.7. The van der Waals surface area contributed by atoms with Gasteiger partial charge in [0.15, 0.2) is 11.6 Å². The van der Waals surface area contributed by atoms with Gasteiger partial charge in [-0.15, -0.1) is 0 Å². The van der Waals surface area contributed by atoms with Gasteiger partial charge in [0.1, 0.15) is 5.82 Å². The molecule has 112 valence electrons. The lowest BCUT2D eigenvalue weighted by Crippen LogP contribution is -2.34. The van der Waals surface area contributed by atoms with E-state index in [0.29, 0.717) is 10.4 Å². The van der Waals surface area contributed by atoms with Gasteiger partial charge < -0.3 is 5.11 Å². The molecular weight excluding hydrogens is 301 g/mol. The van der Waals surface area contributed by atoms with E-state index < -0.39 is 45.7 Å². The van der Waals surface area contributed by atoms with Crippen LogP contribution in [0.25, 0.3) is 0 Å². The first-order chi connectivity index (χ1) is 9.13. The zero-order valence-corrected chi connectivity index (χ0v) is 11.0. The average Bonchev–Trinajstić information content (AvgIpc) is 2.32. The fraction of sp³-hybridized carbons (Fsp3) is 0.300. The molecule has 0 radical (unpaired) electrons. The second-order valence-electron chi connectivity index (χ2n) is 3.82. The van der Waals surface area contributed by atoms with Crippen molar-refractivity contribution in [2.45, 2.75) is 6.42 Å². The third-order valence-corrected chi connectivity index (χ3v) is 3.78. The lowest BCUT2D eigenvalue weighted by atomic mass is 10.3. The Kier molecular flexibility index (Phi) is 4.95. The number of nitrogens with zero attached hydrogens (tertiary/aromatic N) is 1. The third-order valence-electron chi connectivity index (χ3n) is 2.30. The van der Waals surface area contributed by atoms with E-state index in [4.69, 9.17) is 5.11 Å². The molecular formula is C10H11F3N2O4S. The van der Waals surface area contributed by atoms with E-state index in [9.17, 15) is 26.4 Å². The molecule has 1 aromatic rings. The molecule has 6 nitrogen and oxygen atoms in total. The van der Waals surface area contributed by atoms with Gasteiger partial charge in [-0.1, -0.05) is 0 Å². The molecule has 0 heterocycles. The summed E-state index contributed by atoms with van der Waals surface area (Å²) in [7, 11) is -3.21. The van der Waals surface area contributed by atoms with E-state index >= 15 is 0 Å². The topological polar surface area (TPSA) is 86.7 Å². The molecule has 0 bridgehead atoms. The van der Waals surface area contributed by atoms with Crippen LogP contribution in [0.1, 0.15) is 6.42 Å². The minimum Gasteiger partial charge on any atom is -0.481 e. The molecule has 20 heavy (non-hydrogen) atoms. The van der Waals surface area contributed by atoms with E-state index in [1.54, 1.807) is 4.72 Å². The van der Waals surface area contributed by atoms with Crippen LogP contribution in [-0.2, 0) is 15.0 Å². The molecule has 0 amide bonds. The zero-order chi connectivity index (χ0) is 15.5. The summed E-state index contributed by atoms with van der Waals surface area (Å²) in [5.74, 6) is -5.38. The minimum absolute atomic E-state index is 0.199. The van der Waals surface area contributed by atoms with Crippen LogP contribution in [0, 0.1) is 17.5 Å². The summed E-state index contributed by atoms with van der Waals surface area (Å²) in [6, 6.07) is 0.553. The van der Waals surface area contributed by atoms with E-state index in [0.717, 1.165) is 7.05 Å². The summed E-state index contributed by atoms with van der Waals surface area (Å²) in [5.41, 5.74) is -0.772. The number of hydrogen-bond donors (Lipinski definition) is 2. The lowest BCUT2D eigenvalue weighted by Gasteiger charge is -2.17. The Morgan fingerprint density at radius 1 is 1.25 bits per heavy atom. The fourth-order valence-corrected chi connectivity index (χ4v) is 2.11. The number of benzene rings is 1. The van der Waals surface area contributed by atoms with Gasteiger partial charge in [0.05, 0.1) is 12.1 Å². The molecule has 0 unspecified atom stereocenters. The largest absolute Gasteiger partial charge is 0.481 e. The van der Waals surface area contributed by atoms with Gasteiger partial charge in [-0.3, -0.25) is 9.52 Å². The molecule has 0 aromatic heterocycles. The highest BCUT2D eigenvalue weighted by atomic mass is 32.2. The van der Waals surface area contributed by atoms with E-state index in [2.05, 4.69) is 0 Å². The second-order valence-corrected chi connectivity index (χ2v) is 5.60. The highest BCUT2D eigenvalue weighted by Crippen LogP contribution is 2.20. The highest BCUT2D eigenvalue weighted by Gasteiger charge is 2.21. The van der Waals surface area contributed by atoms with Crippen LogP contribution in [0.15, 0.2) is 12.1 Å².